The molecule has 1 fully saturated rings. The summed E-state index contributed by atoms with van der Waals surface area (Å²) in [6.07, 6.45) is 1.69. The van der Waals surface area contributed by atoms with E-state index in [2.05, 4.69) is 15.9 Å². The molecular formula is C12H14BrNO4S. The minimum Gasteiger partial charge on any atom is -0.478 e. The average Bonchev–Trinajstić information content (AvgIpc) is 2.86. The van der Waals surface area contributed by atoms with Gasteiger partial charge >= 0.3 is 5.97 Å². The fourth-order valence-electron chi connectivity index (χ4n) is 2.11. The average molecular weight is 348 g/mol. The molecule has 1 heterocycles. The van der Waals surface area contributed by atoms with Gasteiger partial charge in [0.2, 0.25) is 10.0 Å². The summed E-state index contributed by atoms with van der Waals surface area (Å²) in [5.41, 5.74) is 0.507. The molecule has 0 amide bonds. The molecule has 0 bridgehead atoms. The predicted octanol–water partition coefficient (Wildman–Crippen LogP) is 2.24. The van der Waals surface area contributed by atoms with Crippen LogP contribution in [0.2, 0.25) is 0 Å². The van der Waals surface area contributed by atoms with Crippen molar-refractivity contribution in [2.45, 2.75) is 24.7 Å². The molecule has 1 aromatic rings. The number of carboxylic acid groups (broad SMARTS) is 1. The molecule has 0 aromatic heterocycles. The Hall–Kier alpha value is -0.920. The molecule has 0 radical (unpaired) electrons. The fourth-order valence-corrected chi connectivity index (χ4v) is 4.49. The van der Waals surface area contributed by atoms with Crippen LogP contribution in [0.25, 0.3) is 0 Å². The van der Waals surface area contributed by atoms with Gasteiger partial charge in [0.1, 0.15) is 0 Å². The number of sulfonamides is 1. The minimum atomic E-state index is -3.61. The quantitative estimate of drug-likeness (QED) is 0.909. The van der Waals surface area contributed by atoms with Crippen LogP contribution in [-0.2, 0) is 10.0 Å². The number of carboxylic acids is 1. The van der Waals surface area contributed by atoms with E-state index in [-0.39, 0.29) is 10.5 Å². The van der Waals surface area contributed by atoms with Crippen LogP contribution < -0.4 is 0 Å². The van der Waals surface area contributed by atoms with Crippen molar-refractivity contribution in [2.24, 2.45) is 0 Å². The zero-order valence-electron chi connectivity index (χ0n) is 10.4. The van der Waals surface area contributed by atoms with Gasteiger partial charge in [0.15, 0.2) is 0 Å². The molecule has 2 rings (SSSR count). The maximum atomic E-state index is 12.5. The Balaban J connectivity index is 2.57. The van der Waals surface area contributed by atoms with Crippen LogP contribution in [0, 0.1) is 6.92 Å². The number of benzene rings is 1. The first-order chi connectivity index (χ1) is 8.84. The van der Waals surface area contributed by atoms with Crippen LogP contribution >= 0.6 is 15.9 Å². The highest BCUT2D eigenvalue weighted by molar-refractivity contribution is 9.10. The van der Waals surface area contributed by atoms with Crippen molar-refractivity contribution in [3.63, 3.8) is 0 Å². The maximum absolute atomic E-state index is 12.5. The van der Waals surface area contributed by atoms with Gasteiger partial charge in [-0.1, -0.05) is 15.9 Å². The Morgan fingerprint density at radius 1 is 1.32 bits per heavy atom. The lowest BCUT2D eigenvalue weighted by Gasteiger charge is -2.18. The maximum Gasteiger partial charge on any atom is 0.335 e. The Bertz CT molecular complexity index is 621. The number of rotatable bonds is 3. The summed E-state index contributed by atoms with van der Waals surface area (Å²) in [5, 5.41) is 9.03. The highest BCUT2D eigenvalue weighted by Crippen LogP contribution is 2.29. The van der Waals surface area contributed by atoms with Crippen LogP contribution in [0.4, 0.5) is 0 Å². The van der Waals surface area contributed by atoms with E-state index >= 15 is 0 Å². The van der Waals surface area contributed by atoms with E-state index in [1.54, 1.807) is 6.92 Å². The van der Waals surface area contributed by atoms with Gasteiger partial charge in [-0.05, 0) is 37.5 Å². The molecule has 0 unspecified atom stereocenters. The third kappa shape index (κ3) is 2.68. The van der Waals surface area contributed by atoms with Crippen LogP contribution in [0.15, 0.2) is 21.5 Å². The van der Waals surface area contributed by atoms with Gasteiger partial charge < -0.3 is 5.11 Å². The number of hydrogen-bond acceptors (Lipinski definition) is 3. The van der Waals surface area contributed by atoms with Crippen molar-refractivity contribution in [3.8, 4) is 0 Å². The molecule has 0 aliphatic carbocycles. The molecule has 1 N–H and O–H groups in total. The fraction of sp³-hybridized carbons (Fsp3) is 0.417. The van der Waals surface area contributed by atoms with Gasteiger partial charge in [0.25, 0.3) is 0 Å². The molecular weight excluding hydrogens is 334 g/mol. The van der Waals surface area contributed by atoms with Crippen molar-refractivity contribution in [1.29, 1.82) is 0 Å². The van der Waals surface area contributed by atoms with E-state index < -0.39 is 16.0 Å². The van der Waals surface area contributed by atoms with Gasteiger partial charge in [-0.15, -0.1) is 0 Å². The molecule has 0 atom stereocenters. The van der Waals surface area contributed by atoms with E-state index in [1.165, 1.54) is 16.4 Å². The largest absolute Gasteiger partial charge is 0.478 e. The Morgan fingerprint density at radius 3 is 2.42 bits per heavy atom. The second-order valence-corrected chi connectivity index (χ2v) is 7.26. The predicted molar refractivity (Wildman–Crippen MR) is 73.8 cm³/mol. The highest BCUT2D eigenvalue weighted by Gasteiger charge is 2.30. The molecule has 7 heteroatoms. The standard InChI is InChI=1S/C12H14BrNO4S/c1-8-10(13)6-9(12(15)16)7-11(8)19(17,18)14-4-2-3-5-14/h6-7H,2-5H2,1H3,(H,15,16). The minimum absolute atomic E-state index is 0.0322. The third-order valence-electron chi connectivity index (χ3n) is 3.23. The summed E-state index contributed by atoms with van der Waals surface area (Å²) < 4.78 is 26.9. The van der Waals surface area contributed by atoms with Gasteiger partial charge in [-0.3, -0.25) is 0 Å². The van der Waals surface area contributed by atoms with Crippen LogP contribution in [0.3, 0.4) is 0 Å². The summed E-state index contributed by atoms with van der Waals surface area (Å²) in [4.78, 5) is 11.1. The lowest BCUT2D eigenvalue weighted by atomic mass is 10.1. The van der Waals surface area contributed by atoms with E-state index in [0.29, 0.717) is 23.1 Å². The Labute approximate surface area is 120 Å². The summed E-state index contributed by atoms with van der Waals surface area (Å²) in [7, 11) is -3.61. The molecule has 0 spiro atoms. The zero-order valence-corrected chi connectivity index (χ0v) is 12.8. The van der Waals surface area contributed by atoms with Crippen molar-refractivity contribution in [1.82, 2.24) is 4.31 Å². The molecule has 1 saturated heterocycles. The number of aromatic carboxylic acids is 1. The van der Waals surface area contributed by atoms with Crippen molar-refractivity contribution >= 4 is 31.9 Å². The molecule has 1 aliphatic rings. The first-order valence-electron chi connectivity index (χ1n) is 5.87. The van der Waals surface area contributed by atoms with Crippen molar-refractivity contribution in [2.75, 3.05) is 13.1 Å². The number of hydrogen-bond donors (Lipinski definition) is 1. The van der Waals surface area contributed by atoms with Crippen LogP contribution in [-0.4, -0.2) is 36.9 Å². The smallest absolute Gasteiger partial charge is 0.335 e. The summed E-state index contributed by atoms with van der Waals surface area (Å²) in [6, 6.07) is 2.65. The molecule has 0 saturated carbocycles. The first kappa shape index (κ1) is 14.5. The number of carbonyl (C=O) groups is 1. The van der Waals surface area contributed by atoms with Gasteiger partial charge in [-0.25, -0.2) is 13.2 Å². The Kier molecular flexibility index (Phi) is 3.98. The first-order valence-corrected chi connectivity index (χ1v) is 8.11. The molecule has 19 heavy (non-hydrogen) atoms. The monoisotopic (exact) mass is 347 g/mol. The molecule has 104 valence electrons. The van der Waals surface area contributed by atoms with E-state index in [9.17, 15) is 13.2 Å². The van der Waals surface area contributed by atoms with Crippen LogP contribution in [0.5, 0.6) is 0 Å². The van der Waals surface area contributed by atoms with E-state index in [0.717, 1.165) is 12.8 Å². The van der Waals surface area contributed by atoms with E-state index in [4.69, 9.17) is 5.11 Å². The SMILES string of the molecule is Cc1c(Br)cc(C(=O)O)cc1S(=O)(=O)N1CCCC1. The summed E-state index contributed by atoms with van der Waals surface area (Å²) in [6.45, 7) is 2.66. The highest BCUT2D eigenvalue weighted by atomic mass is 79.9. The zero-order chi connectivity index (χ0) is 14.2. The van der Waals surface area contributed by atoms with Crippen molar-refractivity contribution in [3.05, 3.63) is 27.7 Å². The molecule has 1 aromatic carbocycles. The van der Waals surface area contributed by atoms with Crippen LogP contribution in [0.1, 0.15) is 28.8 Å². The van der Waals surface area contributed by atoms with Gasteiger partial charge in [-0.2, -0.15) is 4.31 Å². The lowest BCUT2D eigenvalue weighted by Crippen LogP contribution is -2.28. The third-order valence-corrected chi connectivity index (χ3v) is 6.07. The lowest BCUT2D eigenvalue weighted by molar-refractivity contribution is 0.0696. The topological polar surface area (TPSA) is 74.7 Å². The Morgan fingerprint density at radius 2 is 1.89 bits per heavy atom. The van der Waals surface area contributed by atoms with Gasteiger partial charge in [0, 0.05) is 17.6 Å². The number of nitrogens with zero attached hydrogens (tertiary/aromatic N) is 1. The van der Waals surface area contributed by atoms with Crippen molar-refractivity contribution < 1.29 is 18.3 Å². The van der Waals surface area contributed by atoms with E-state index in [1.807, 2.05) is 0 Å². The molecule has 1 aliphatic heterocycles. The summed E-state index contributed by atoms with van der Waals surface area (Å²) >= 11 is 3.22. The van der Waals surface area contributed by atoms with Gasteiger partial charge in [0.05, 0.1) is 10.5 Å². The second-order valence-electron chi connectivity index (χ2n) is 4.50. The number of halogens is 1. The summed E-state index contributed by atoms with van der Waals surface area (Å²) in [5.74, 6) is -1.14. The molecule has 5 nitrogen and oxygen atoms in total. The normalized spacial score (nSPS) is 16.7. The second kappa shape index (κ2) is 5.22.